The monoisotopic (exact) mass is 381 g/mol. The highest BCUT2D eigenvalue weighted by molar-refractivity contribution is 8.16. The third-order valence-corrected chi connectivity index (χ3v) is 7.26. The summed E-state index contributed by atoms with van der Waals surface area (Å²) in [6.45, 7) is -0.166. The lowest BCUT2D eigenvalue weighted by Gasteiger charge is -2.21. The quantitative estimate of drug-likeness (QED) is 0.720. The molecule has 1 aromatic carbocycles. The van der Waals surface area contributed by atoms with Crippen molar-refractivity contribution in [2.45, 2.75) is 36.3 Å². The molecule has 2 N–H and O–H groups in total. The van der Waals surface area contributed by atoms with Crippen molar-refractivity contribution in [1.29, 1.82) is 0 Å². The molecule has 7 heteroatoms. The van der Waals surface area contributed by atoms with Crippen LogP contribution in [0.4, 0.5) is 0 Å². The van der Waals surface area contributed by atoms with Crippen molar-refractivity contribution in [3.8, 4) is 5.75 Å². The van der Waals surface area contributed by atoms with E-state index in [2.05, 4.69) is 5.32 Å². The molecule has 1 amide bonds. The summed E-state index contributed by atoms with van der Waals surface area (Å²) in [7, 11) is 0. The van der Waals surface area contributed by atoms with Crippen LogP contribution in [-0.2, 0) is 9.59 Å². The van der Waals surface area contributed by atoms with Crippen molar-refractivity contribution in [1.82, 2.24) is 5.32 Å². The minimum absolute atomic E-state index is 0.166. The van der Waals surface area contributed by atoms with Crippen LogP contribution in [0.1, 0.15) is 35.8 Å². The maximum atomic E-state index is 11.9. The van der Waals surface area contributed by atoms with Crippen LogP contribution in [-0.4, -0.2) is 41.1 Å². The van der Waals surface area contributed by atoms with E-state index in [1.165, 1.54) is 23.5 Å². The van der Waals surface area contributed by atoms with Crippen LogP contribution >= 0.6 is 23.5 Å². The van der Waals surface area contributed by atoms with E-state index in [9.17, 15) is 14.7 Å². The predicted molar refractivity (Wildman–Crippen MR) is 101 cm³/mol. The predicted octanol–water partition coefficient (Wildman–Crippen LogP) is 3.30. The van der Waals surface area contributed by atoms with Crippen molar-refractivity contribution in [3.05, 3.63) is 29.8 Å². The first-order chi connectivity index (χ1) is 12.1. The molecule has 25 heavy (non-hydrogen) atoms. The van der Waals surface area contributed by atoms with Crippen molar-refractivity contribution < 1.29 is 19.4 Å². The van der Waals surface area contributed by atoms with Crippen LogP contribution in [0.3, 0.4) is 0 Å². The fourth-order valence-electron chi connectivity index (χ4n) is 2.69. The van der Waals surface area contributed by atoms with Gasteiger partial charge >= 0.3 is 5.97 Å². The van der Waals surface area contributed by atoms with Crippen molar-refractivity contribution in [3.63, 3.8) is 0 Å². The zero-order valence-electron chi connectivity index (χ0n) is 14.0. The number of rotatable bonds is 8. The van der Waals surface area contributed by atoms with Gasteiger partial charge in [0, 0.05) is 0 Å². The highest BCUT2D eigenvalue weighted by Crippen LogP contribution is 2.43. The lowest BCUT2D eigenvalue weighted by molar-refractivity contribution is -0.142. The van der Waals surface area contributed by atoms with Crippen LogP contribution in [0.25, 0.3) is 0 Å². The normalized spacial score (nSPS) is 19.2. The summed E-state index contributed by atoms with van der Waals surface area (Å²) in [4.78, 5) is 23.1. The average Bonchev–Trinajstić information content (AvgIpc) is 3.45. The van der Waals surface area contributed by atoms with E-state index < -0.39 is 17.9 Å². The number of ether oxygens (including phenoxy) is 1. The largest absolute Gasteiger partial charge is 0.484 e. The SMILES string of the molecule is O=C(COc1ccc(C2SCCCS2)cc1)NC(CC1CC1)C(=O)O. The van der Waals surface area contributed by atoms with Gasteiger partial charge in [0.15, 0.2) is 6.61 Å². The Hall–Kier alpha value is -1.34. The number of hydrogen-bond donors (Lipinski definition) is 2. The second-order valence-corrected chi connectivity index (χ2v) is 9.15. The highest BCUT2D eigenvalue weighted by atomic mass is 32.2. The maximum absolute atomic E-state index is 11.9. The van der Waals surface area contributed by atoms with E-state index in [-0.39, 0.29) is 6.61 Å². The van der Waals surface area contributed by atoms with E-state index in [1.54, 1.807) is 0 Å². The maximum Gasteiger partial charge on any atom is 0.326 e. The van der Waals surface area contributed by atoms with Gasteiger partial charge in [0.2, 0.25) is 0 Å². The number of carboxylic acids is 1. The number of thioether (sulfide) groups is 2. The number of amides is 1. The fourth-order valence-corrected chi connectivity index (χ4v) is 5.59. The Morgan fingerprint density at radius 3 is 2.48 bits per heavy atom. The molecule has 5 nitrogen and oxygen atoms in total. The van der Waals surface area contributed by atoms with Crippen LogP contribution < -0.4 is 10.1 Å². The molecule has 1 unspecified atom stereocenters. The molecular weight excluding hydrogens is 358 g/mol. The van der Waals surface area contributed by atoms with Crippen molar-refractivity contribution in [2.24, 2.45) is 5.92 Å². The van der Waals surface area contributed by atoms with Crippen LogP contribution in [0, 0.1) is 5.92 Å². The third-order valence-electron chi connectivity index (χ3n) is 4.25. The molecule has 1 aliphatic heterocycles. The van der Waals surface area contributed by atoms with Crippen LogP contribution in [0.15, 0.2) is 24.3 Å². The summed E-state index contributed by atoms with van der Waals surface area (Å²) >= 11 is 3.92. The molecule has 136 valence electrons. The Labute approximate surface area is 156 Å². The van der Waals surface area contributed by atoms with E-state index in [0.29, 0.717) is 22.7 Å². The van der Waals surface area contributed by atoms with Gasteiger partial charge in [0.25, 0.3) is 5.91 Å². The fraction of sp³-hybridized carbons (Fsp3) is 0.556. The molecular formula is C18H23NO4S2. The molecule has 2 aliphatic rings. The lowest BCUT2D eigenvalue weighted by Crippen LogP contribution is -2.43. The average molecular weight is 382 g/mol. The zero-order chi connectivity index (χ0) is 17.6. The summed E-state index contributed by atoms with van der Waals surface area (Å²) in [6.07, 6.45) is 3.88. The first kappa shape index (κ1) is 18.5. The molecule has 1 atom stereocenters. The Balaban J connectivity index is 1.45. The van der Waals surface area contributed by atoms with Gasteiger partial charge in [-0.3, -0.25) is 4.79 Å². The van der Waals surface area contributed by atoms with Gasteiger partial charge in [-0.25, -0.2) is 4.79 Å². The minimum atomic E-state index is -0.980. The number of aliphatic carboxylic acids is 1. The van der Waals surface area contributed by atoms with Gasteiger partial charge in [-0.2, -0.15) is 0 Å². The summed E-state index contributed by atoms with van der Waals surface area (Å²) in [5, 5.41) is 11.7. The van der Waals surface area contributed by atoms with Gasteiger partial charge in [-0.1, -0.05) is 25.0 Å². The van der Waals surface area contributed by atoms with Gasteiger partial charge in [-0.05, 0) is 48.0 Å². The topological polar surface area (TPSA) is 75.6 Å². The van der Waals surface area contributed by atoms with Crippen LogP contribution in [0.5, 0.6) is 5.75 Å². The van der Waals surface area contributed by atoms with Gasteiger partial charge in [0.05, 0.1) is 4.58 Å². The Morgan fingerprint density at radius 2 is 1.88 bits per heavy atom. The number of nitrogens with one attached hydrogen (secondary N) is 1. The van der Waals surface area contributed by atoms with E-state index >= 15 is 0 Å². The first-order valence-electron chi connectivity index (χ1n) is 8.60. The Morgan fingerprint density at radius 1 is 1.20 bits per heavy atom. The van der Waals surface area contributed by atoms with Crippen molar-refractivity contribution >= 4 is 35.4 Å². The second-order valence-electron chi connectivity index (χ2n) is 6.42. The highest BCUT2D eigenvalue weighted by Gasteiger charge is 2.30. The molecule has 1 aromatic rings. The summed E-state index contributed by atoms with van der Waals surface area (Å²) < 4.78 is 5.97. The van der Waals surface area contributed by atoms with Gasteiger partial charge in [-0.15, -0.1) is 23.5 Å². The van der Waals surface area contributed by atoms with Crippen LogP contribution in [0.2, 0.25) is 0 Å². The molecule has 0 radical (unpaired) electrons. The number of carbonyl (C=O) groups excluding carboxylic acids is 1. The molecule has 0 aromatic heterocycles. The molecule has 1 saturated carbocycles. The molecule has 0 spiro atoms. The molecule has 2 fully saturated rings. The summed E-state index contributed by atoms with van der Waals surface area (Å²) in [5.41, 5.74) is 1.27. The van der Waals surface area contributed by atoms with Crippen molar-refractivity contribution in [2.75, 3.05) is 18.1 Å². The first-order valence-corrected chi connectivity index (χ1v) is 10.7. The second kappa shape index (κ2) is 8.85. The third kappa shape index (κ3) is 5.85. The van der Waals surface area contributed by atoms with Gasteiger partial charge < -0.3 is 15.2 Å². The number of hydrogen-bond acceptors (Lipinski definition) is 5. The summed E-state index contributed by atoms with van der Waals surface area (Å²) in [6, 6.07) is 7.01. The standard InChI is InChI=1S/C18H23NO4S2/c20-16(19-15(17(21)22)10-12-2-3-12)11-23-14-6-4-13(5-7-14)18-24-8-1-9-25-18/h4-7,12,15,18H,1-3,8-11H2,(H,19,20)(H,21,22). The Bertz CT molecular complexity index is 598. The zero-order valence-corrected chi connectivity index (χ0v) is 15.6. The molecule has 1 aliphatic carbocycles. The van der Waals surface area contributed by atoms with Gasteiger partial charge in [0.1, 0.15) is 11.8 Å². The summed E-state index contributed by atoms with van der Waals surface area (Å²) in [5.74, 6) is 2.08. The Kier molecular flexibility index (Phi) is 6.53. The number of carboxylic acid groups (broad SMARTS) is 1. The smallest absolute Gasteiger partial charge is 0.326 e. The molecule has 1 saturated heterocycles. The van der Waals surface area contributed by atoms with E-state index in [4.69, 9.17) is 4.74 Å². The number of carbonyl (C=O) groups is 2. The van der Waals surface area contributed by atoms with E-state index in [0.717, 1.165) is 12.8 Å². The molecule has 1 heterocycles. The number of benzene rings is 1. The van der Waals surface area contributed by atoms with E-state index in [1.807, 2.05) is 47.8 Å². The molecule has 0 bridgehead atoms. The lowest BCUT2D eigenvalue weighted by atomic mass is 10.1. The molecule has 3 rings (SSSR count). The minimum Gasteiger partial charge on any atom is -0.484 e.